The first-order chi connectivity index (χ1) is 18.8. The van der Waals surface area contributed by atoms with Crippen molar-refractivity contribution in [1.29, 1.82) is 0 Å². The van der Waals surface area contributed by atoms with E-state index in [-0.39, 0.29) is 18.4 Å². The van der Waals surface area contributed by atoms with Crippen molar-refractivity contribution >= 4 is 52.3 Å². The van der Waals surface area contributed by atoms with Gasteiger partial charge in [-0.25, -0.2) is 4.90 Å². The number of anilines is 3. The first-order valence-corrected chi connectivity index (χ1v) is 13.4. The topological polar surface area (TPSA) is 90.0 Å². The molecule has 4 amide bonds. The van der Waals surface area contributed by atoms with Crippen molar-refractivity contribution in [2.45, 2.75) is 24.9 Å². The number of nitrogens with one attached hydrogen (secondary N) is 1. The molecule has 4 atom stereocenters. The second-order valence-electron chi connectivity index (χ2n) is 10.6. The minimum atomic E-state index is -1.45. The van der Waals surface area contributed by atoms with Crippen LogP contribution in [0.3, 0.4) is 0 Å². The predicted octanol–water partition coefficient (Wildman–Crippen LogP) is 3.27. The Morgan fingerprint density at radius 3 is 2.51 bits per heavy atom. The SMILES string of the molecule is C[C@@H]1N[C@]2(C(=O)N(CC(=O)N3CCc4ccccc43)c3ccccc32)[C@H]2C(=O)N(c3cccc(Cl)c3)C(=O)[C@H]12. The molecule has 39 heavy (non-hydrogen) atoms. The van der Waals surface area contributed by atoms with Crippen LogP contribution in [0.4, 0.5) is 17.1 Å². The van der Waals surface area contributed by atoms with Crippen LogP contribution in [0.5, 0.6) is 0 Å². The van der Waals surface area contributed by atoms with Crippen molar-refractivity contribution in [2.24, 2.45) is 11.8 Å². The van der Waals surface area contributed by atoms with Crippen molar-refractivity contribution in [3.63, 3.8) is 0 Å². The molecule has 3 aromatic rings. The Labute approximate surface area is 230 Å². The lowest BCUT2D eigenvalue weighted by molar-refractivity contribution is -0.132. The van der Waals surface area contributed by atoms with Crippen LogP contribution in [0.25, 0.3) is 0 Å². The number of halogens is 1. The molecule has 2 fully saturated rings. The summed E-state index contributed by atoms with van der Waals surface area (Å²) in [6.45, 7) is 2.21. The number of benzene rings is 3. The summed E-state index contributed by atoms with van der Waals surface area (Å²) < 4.78 is 0. The van der Waals surface area contributed by atoms with Crippen molar-refractivity contribution in [3.8, 4) is 0 Å². The number of para-hydroxylation sites is 2. The highest BCUT2D eigenvalue weighted by Crippen LogP contribution is 2.55. The van der Waals surface area contributed by atoms with Gasteiger partial charge >= 0.3 is 0 Å². The molecular weight excluding hydrogens is 516 g/mol. The van der Waals surface area contributed by atoms with Gasteiger partial charge in [-0.05, 0) is 49.2 Å². The average Bonchev–Trinajstić information content (AvgIpc) is 3.63. The molecule has 0 aliphatic carbocycles. The van der Waals surface area contributed by atoms with E-state index in [1.165, 1.54) is 4.90 Å². The third kappa shape index (κ3) is 3.22. The van der Waals surface area contributed by atoms with E-state index in [4.69, 9.17) is 11.6 Å². The number of nitrogens with zero attached hydrogens (tertiary/aromatic N) is 3. The molecule has 0 bridgehead atoms. The fraction of sp³-hybridized carbons (Fsp3) is 0.267. The van der Waals surface area contributed by atoms with Crippen molar-refractivity contribution in [2.75, 3.05) is 27.8 Å². The van der Waals surface area contributed by atoms with Crippen LogP contribution in [0.1, 0.15) is 18.1 Å². The van der Waals surface area contributed by atoms with E-state index in [0.717, 1.165) is 22.6 Å². The Bertz CT molecular complexity index is 1590. The Kier molecular flexibility index (Phi) is 5.24. The summed E-state index contributed by atoms with van der Waals surface area (Å²) in [6.07, 6.45) is 0.759. The van der Waals surface area contributed by atoms with E-state index in [9.17, 15) is 19.2 Å². The van der Waals surface area contributed by atoms with Gasteiger partial charge < -0.3 is 9.80 Å². The number of hydrogen-bond acceptors (Lipinski definition) is 5. The monoisotopic (exact) mass is 540 g/mol. The van der Waals surface area contributed by atoms with Gasteiger partial charge in [0.25, 0.3) is 5.91 Å². The van der Waals surface area contributed by atoms with Crippen LogP contribution >= 0.6 is 11.6 Å². The molecule has 4 heterocycles. The molecule has 3 aromatic carbocycles. The van der Waals surface area contributed by atoms with E-state index in [2.05, 4.69) is 5.32 Å². The van der Waals surface area contributed by atoms with E-state index in [0.29, 0.717) is 28.5 Å². The fourth-order valence-corrected chi connectivity index (χ4v) is 7.14. The molecule has 2 saturated heterocycles. The first kappa shape index (κ1) is 24.1. The molecule has 0 aromatic heterocycles. The van der Waals surface area contributed by atoms with Crippen LogP contribution in [-0.2, 0) is 31.1 Å². The molecule has 8 nitrogen and oxygen atoms in total. The van der Waals surface area contributed by atoms with Gasteiger partial charge in [0, 0.05) is 34.5 Å². The van der Waals surface area contributed by atoms with Gasteiger partial charge in [0.15, 0.2) is 0 Å². The molecule has 9 heteroatoms. The van der Waals surface area contributed by atoms with Gasteiger partial charge in [0.05, 0.1) is 17.5 Å². The Balaban J connectivity index is 1.28. The predicted molar refractivity (Wildman–Crippen MR) is 146 cm³/mol. The number of fused-ring (bicyclic) bond motifs is 5. The van der Waals surface area contributed by atoms with E-state index in [1.54, 1.807) is 35.2 Å². The fourth-order valence-electron chi connectivity index (χ4n) is 6.95. The van der Waals surface area contributed by atoms with Crippen molar-refractivity contribution in [3.05, 3.63) is 88.9 Å². The van der Waals surface area contributed by atoms with Crippen molar-refractivity contribution in [1.82, 2.24) is 5.32 Å². The molecule has 0 saturated carbocycles. The van der Waals surface area contributed by atoms with Gasteiger partial charge in [0.2, 0.25) is 17.7 Å². The molecule has 196 valence electrons. The number of hydrogen-bond donors (Lipinski definition) is 1. The summed E-state index contributed by atoms with van der Waals surface area (Å²) >= 11 is 6.17. The summed E-state index contributed by atoms with van der Waals surface area (Å²) in [4.78, 5) is 60.0. The molecular formula is C30H25ClN4O4. The normalized spacial score (nSPS) is 27.0. The maximum atomic E-state index is 14.4. The molecule has 7 rings (SSSR count). The highest BCUT2D eigenvalue weighted by Gasteiger charge is 2.71. The second-order valence-corrected chi connectivity index (χ2v) is 11.0. The molecule has 1 spiro atoms. The quantitative estimate of drug-likeness (QED) is 0.515. The van der Waals surface area contributed by atoms with E-state index in [1.807, 2.05) is 49.4 Å². The summed E-state index contributed by atoms with van der Waals surface area (Å²) in [6, 6.07) is 21.1. The first-order valence-electron chi connectivity index (χ1n) is 13.0. The van der Waals surface area contributed by atoms with Crippen molar-refractivity contribution < 1.29 is 19.2 Å². The maximum absolute atomic E-state index is 14.4. The number of rotatable bonds is 3. The average molecular weight is 541 g/mol. The number of amides is 4. The van der Waals surface area contributed by atoms with Gasteiger partial charge in [-0.3, -0.25) is 24.5 Å². The maximum Gasteiger partial charge on any atom is 0.253 e. The zero-order valence-electron chi connectivity index (χ0n) is 21.1. The highest BCUT2D eigenvalue weighted by molar-refractivity contribution is 6.31. The molecule has 4 aliphatic rings. The zero-order valence-corrected chi connectivity index (χ0v) is 21.9. The summed E-state index contributed by atoms with van der Waals surface area (Å²) in [5.41, 5.74) is 2.07. The van der Waals surface area contributed by atoms with Gasteiger partial charge in [-0.1, -0.05) is 54.1 Å². The number of carbonyl (C=O) groups excluding carboxylic acids is 4. The van der Waals surface area contributed by atoms with E-state index >= 15 is 0 Å². The Morgan fingerprint density at radius 2 is 1.72 bits per heavy atom. The van der Waals surface area contributed by atoms with Gasteiger partial charge in [0.1, 0.15) is 12.1 Å². The van der Waals surface area contributed by atoms with Crippen LogP contribution in [0.15, 0.2) is 72.8 Å². The standard InChI is InChI=1S/C30H25ClN4O4/c1-17-25-26(28(38)35(27(25)37)20-9-6-8-19(31)15-20)30(32-17)21-10-3-5-12-23(21)34(29(30)39)16-24(36)33-14-13-18-7-2-4-11-22(18)33/h2-12,15,17,25-26,32H,13-14,16H2,1H3/t17-,25+,26+,30-/m0/s1. The third-order valence-corrected chi connectivity index (χ3v) is 8.80. The lowest BCUT2D eigenvalue weighted by atomic mass is 9.76. The second kappa shape index (κ2) is 8.49. The molecule has 1 N–H and O–H groups in total. The summed E-state index contributed by atoms with van der Waals surface area (Å²) in [5, 5.41) is 3.76. The van der Waals surface area contributed by atoms with E-state index < -0.39 is 35.2 Å². The highest BCUT2D eigenvalue weighted by atomic mass is 35.5. The van der Waals surface area contributed by atoms with Crippen LogP contribution in [0, 0.1) is 11.8 Å². The van der Waals surface area contributed by atoms with Crippen LogP contribution in [-0.4, -0.2) is 42.8 Å². The third-order valence-electron chi connectivity index (χ3n) is 8.56. The minimum Gasteiger partial charge on any atom is -0.310 e. The molecule has 0 radical (unpaired) electrons. The zero-order chi connectivity index (χ0) is 27.1. The number of imide groups is 1. The molecule has 0 unspecified atom stereocenters. The lowest BCUT2D eigenvalue weighted by Gasteiger charge is -2.30. The van der Waals surface area contributed by atoms with Gasteiger partial charge in [-0.15, -0.1) is 0 Å². The smallest absolute Gasteiger partial charge is 0.253 e. The summed E-state index contributed by atoms with van der Waals surface area (Å²) in [7, 11) is 0. The molecule has 4 aliphatic heterocycles. The lowest BCUT2D eigenvalue weighted by Crippen LogP contribution is -2.56. The Morgan fingerprint density at radius 1 is 0.974 bits per heavy atom. The van der Waals surface area contributed by atoms with Gasteiger partial charge in [-0.2, -0.15) is 0 Å². The Hall–Kier alpha value is -4.01. The van der Waals surface area contributed by atoms with Crippen LogP contribution < -0.4 is 20.0 Å². The summed E-state index contributed by atoms with van der Waals surface area (Å²) in [5.74, 6) is -3.10. The largest absolute Gasteiger partial charge is 0.310 e. The minimum absolute atomic E-state index is 0.167. The van der Waals surface area contributed by atoms with Crippen LogP contribution in [0.2, 0.25) is 5.02 Å². The number of carbonyl (C=O) groups is 4.